The summed E-state index contributed by atoms with van der Waals surface area (Å²) in [5.41, 5.74) is 6.59. The topological polar surface area (TPSA) is 86.1 Å². The molecule has 6 nitrogen and oxygen atoms in total. The highest BCUT2D eigenvalue weighted by Gasteiger charge is 2.09. The van der Waals surface area contributed by atoms with E-state index in [2.05, 4.69) is 33.9 Å². The van der Waals surface area contributed by atoms with Gasteiger partial charge in [-0.3, -0.25) is 4.79 Å². The molecule has 0 saturated carbocycles. The molecule has 0 radical (unpaired) electrons. The Hall–Kier alpha value is -2.60. The third kappa shape index (κ3) is 3.60. The Labute approximate surface area is 134 Å². The fraction of sp³-hybridized carbons (Fsp3) is 0.294. The van der Waals surface area contributed by atoms with E-state index in [9.17, 15) is 9.90 Å². The molecule has 0 spiro atoms. The van der Waals surface area contributed by atoms with Crippen LogP contribution in [0, 0.1) is 0 Å². The highest BCUT2D eigenvalue weighted by Crippen LogP contribution is 2.16. The summed E-state index contributed by atoms with van der Waals surface area (Å²) in [6.07, 6.45) is 6.22. The van der Waals surface area contributed by atoms with Gasteiger partial charge < -0.3 is 20.0 Å². The molecule has 23 heavy (non-hydrogen) atoms. The van der Waals surface area contributed by atoms with Crippen molar-refractivity contribution in [3.8, 4) is 0 Å². The van der Waals surface area contributed by atoms with Crippen LogP contribution in [0.5, 0.6) is 0 Å². The number of nitrogens with two attached hydrogens (primary N) is 1. The predicted molar refractivity (Wildman–Crippen MR) is 87.9 cm³/mol. The third-order valence-corrected chi connectivity index (χ3v) is 3.92. The number of rotatable bonds is 7. The monoisotopic (exact) mass is 312 g/mol. The first-order valence-corrected chi connectivity index (χ1v) is 7.67. The number of primary amides is 1. The van der Waals surface area contributed by atoms with Gasteiger partial charge >= 0.3 is 0 Å². The van der Waals surface area contributed by atoms with Gasteiger partial charge in [0.1, 0.15) is 5.69 Å². The maximum absolute atomic E-state index is 11.0. The zero-order chi connectivity index (χ0) is 16.2. The summed E-state index contributed by atoms with van der Waals surface area (Å²) in [7, 11) is 0. The SMILES string of the molecule is NC(=O)c1cn(CC(O)CCCn2ccc3ccccc32)cn1. The second kappa shape index (κ2) is 6.66. The molecular formula is C17H20N4O2. The zero-order valence-corrected chi connectivity index (χ0v) is 12.8. The van der Waals surface area contributed by atoms with Gasteiger partial charge in [0.05, 0.1) is 12.4 Å². The average molecular weight is 312 g/mol. The van der Waals surface area contributed by atoms with E-state index in [0.717, 1.165) is 13.0 Å². The number of hydrogen-bond acceptors (Lipinski definition) is 3. The smallest absolute Gasteiger partial charge is 0.268 e. The van der Waals surface area contributed by atoms with E-state index in [1.54, 1.807) is 10.8 Å². The van der Waals surface area contributed by atoms with Gasteiger partial charge in [0.15, 0.2) is 0 Å². The van der Waals surface area contributed by atoms with Gasteiger partial charge in [-0.25, -0.2) is 4.98 Å². The van der Waals surface area contributed by atoms with Gasteiger partial charge in [0, 0.05) is 31.0 Å². The molecule has 1 unspecified atom stereocenters. The lowest BCUT2D eigenvalue weighted by Gasteiger charge is -2.12. The highest BCUT2D eigenvalue weighted by molar-refractivity contribution is 5.90. The molecule has 0 saturated heterocycles. The molecule has 0 fully saturated rings. The highest BCUT2D eigenvalue weighted by atomic mass is 16.3. The largest absolute Gasteiger partial charge is 0.391 e. The second-order valence-corrected chi connectivity index (χ2v) is 5.68. The van der Waals surface area contributed by atoms with Crippen molar-refractivity contribution in [1.29, 1.82) is 0 Å². The number of aromatic nitrogens is 3. The van der Waals surface area contributed by atoms with Crippen LogP contribution in [0.25, 0.3) is 10.9 Å². The molecule has 0 aliphatic carbocycles. The third-order valence-electron chi connectivity index (χ3n) is 3.92. The van der Waals surface area contributed by atoms with E-state index >= 15 is 0 Å². The molecule has 2 heterocycles. The van der Waals surface area contributed by atoms with Crippen molar-refractivity contribution < 1.29 is 9.90 Å². The minimum Gasteiger partial charge on any atom is -0.391 e. The predicted octanol–water partition coefficient (Wildman–Crippen LogP) is 1.78. The molecule has 1 atom stereocenters. The van der Waals surface area contributed by atoms with Crippen LogP contribution in [-0.2, 0) is 13.1 Å². The standard InChI is InChI=1S/C17H20N4O2/c18-17(23)15-11-20(12-19-15)10-14(22)5-3-8-21-9-7-13-4-1-2-6-16(13)21/h1-2,4,6-7,9,11-12,14,22H,3,5,8,10H2,(H2,18,23). The molecule has 0 bridgehead atoms. The lowest BCUT2D eigenvalue weighted by molar-refractivity contribution is 0.0995. The van der Waals surface area contributed by atoms with Crippen molar-refractivity contribution in [2.45, 2.75) is 32.0 Å². The number of aliphatic hydroxyl groups excluding tert-OH is 1. The maximum atomic E-state index is 11.0. The molecule has 0 aliphatic rings. The molecule has 2 aromatic heterocycles. The lowest BCUT2D eigenvalue weighted by atomic mass is 10.2. The number of benzene rings is 1. The summed E-state index contributed by atoms with van der Waals surface area (Å²) < 4.78 is 3.89. The molecule has 3 aromatic rings. The van der Waals surface area contributed by atoms with Crippen LogP contribution in [0.15, 0.2) is 49.1 Å². The summed E-state index contributed by atoms with van der Waals surface area (Å²) in [6, 6.07) is 10.4. The normalized spacial score (nSPS) is 12.6. The van der Waals surface area contributed by atoms with Gasteiger partial charge in [0.2, 0.25) is 0 Å². The first-order chi connectivity index (χ1) is 11.1. The van der Waals surface area contributed by atoms with Crippen molar-refractivity contribution in [3.05, 3.63) is 54.7 Å². The van der Waals surface area contributed by atoms with Crippen LogP contribution in [-0.4, -0.2) is 31.2 Å². The summed E-state index contributed by atoms with van der Waals surface area (Å²) in [5.74, 6) is -0.558. The van der Waals surface area contributed by atoms with Gasteiger partial charge in [-0.2, -0.15) is 0 Å². The number of aryl methyl sites for hydroxylation is 1. The van der Waals surface area contributed by atoms with Crippen LogP contribution in [0.4, 0.5) is 0 Å². The van der Waals surface area contributed by atoms with E-state index < -0.39 is 12.0 Å². The molecule has 3 rings (SSSR count). The zero-order valence-electron chi connectivity index (χ0n) is 12.8. The lowest BCUT2D eigenvalue weighted by Crippen LogP contribution is -2.16. The van der Waals surface area contributed by atoms with Crippen molar-refractivity contribution in [2.24, 2.45) is 5.73 Å². The first kappa shape index (κ1) is 15.3. The number of amides is 1. The van der Waals surface area contributed by atoms with E-state index in [1.165, 1.54) is 17.2 Å². The Morgan fingerprint density at radius 2 is 2.13 bits per heavy atom. The number of imidazole rings is 1. The van der Waals surface area contributed by atoms with Gasteiger partial charge in [-0.05, 0) is 30.4 Å². The number of para-hydroxylation sites is 1. The van der Waals surface area contributed by atoms with Crippen molar-refractivity contribution >= 4 is 16.8 Å². The number of nitrogens with zero attached hydrogens (tertiary/aromatic N) is 3. The van der Waals surface area contributed by atoms with Gasteiger partial charge in [0.25, 0.3) is 5.91 Å². The van der Waals surface area contributed by atoms with E-state index in [0.29, 0.717) is 13.0 Å². The Morgan fingerprint density at radius 3 is 2.91 bits per heavy atom. The summed E-state index contributed by atoms with van der Waals surface area (Å²) in [5, 5.41) is 11.3. The second-order valence-electron chi connectivity index (χ2n) is 5.68. The van der Waals surface area contributed by atoms with Crippen LogP contribution in [0.3, 0.4) is 0 Å². The van der Waals surface area contributed by atoms with Crippen LogP contribution in [0.1, 0.15) is 23.3 Å². The quantitative estimate of drug-likeness (QED) is 0.697. The molecule has 120 valence electrons. The van der Waals surface area contributed by atoms with Gasteiger partial charge in [-0.1, -0.05) is 18.2 Å². The van der Waals surface area contributed by atoms with Gasteiger partial charge in [-0.15, -0.1) is 0 Å². The Balaban J connectivity index is 1.50. The summed E-state index contributed by atoms with van der Waals surface area (Å²) in [6.45, 7) is 1.27. The maximum Gasteiger partial charge on any atom is 0.268 e. The number of carbonyl (C=O) groups is 1. The molecule has 1 aromatic carbocycles. The summed E-state index contributed by atoms with van der Waals surface area (Å²) >= 11 is 0. The molecule has 6 heteroatoms. The molecular weight excluding hydrogens is 292 g/mol. The van der Waals surface area contributed by atoms with Crippen molar-refractivity contribution in [1.82, 2.24) is 14.1 Å². The van der Waals surface area contributed by atoms with Crippen LogP contribution >= 0.6 is 0 Å². The average Bonchev–Trinajstić information content (AvgIpc) is 3.15. The molecule has 0 aliphatic heterocycles. The first-order valence-electron chi connectivity index (χ1n) is 7.67. The van der Waals surface area contributed by atoms with E-state index in [-0.39, 0.29) is 5.69 Å². The van der Waals surface area contributed by atoms with E-state index in [1.807, 2.05) is 12.1 Å². The Bertz CT molecular complexity index is 806. The number of hydrogen-bond donors (Lipinski definition) is 2. The fourth-order valence-corrected chi connectivity index (χ4v) is 2.75. The Kier molecular flexibility index (Phi) is 4.43. The number of aliphatic hydroxyl groups is 1. The molecule has 3 N–H and O–H groups in total. The molecule has 1 amide bonds. The Morgan fingerprint density at radius 1 is 1.30 bits per heavy atom. The van der Waals surface area contributed by atoms with Crippen LogP contribution < -0.4 is 5.73 Å². The summed E-state index contributed by atoms with van der Waals surface area (Å²) in [4.78, 5) is 14.9. The van der Waals surface area contributed by atoms with Crippen LogP contribution in [0.2, 0.25) is 0 Å². The van der Waals surface area contributed by atoms with Crippen molar-refractivity contribution in [3.63, 3.8) is 0 Å². The number of carbonyl (C=O) groups excluding carboxylic acids is 1. The van der Waals surface area contributed by atoms with E-state index in [4.69, 9.17) is 5.73 Å². The van der Waals surface area contributed by atoms with Crippen molar-refractivity contribution in [2.75, 3.05) is 0 Å². The minimum absolute atomic E-state index is 0.219. The fourth-order valence-electron chi connectivity index (χ4n) is 2.75. The minimum atomic E-state index is -0.558. The number of fused-ring (bicyclic) bond motifs is 1.